The first-order chi connectivity index (χ1) is 10.9. The molecule has 0 aromatic carbocycles. The Bertz CT molecular complexity index is 621. The number of carbonyl (C=O) groups excluding carboxylic acids is 3. The van der Waals surface area contributed by atoms with Crippen molar-refractivity contribution in [1.82, 2.24) is 4.90 Å². The van der Waals surface area contributed by atoms with Crippen molar-refractivity contribution in [3.63, 3.8) is 0 Å². The second-order valence-corrected chi connectivity index (χ2v) is 7.97. The lowest BCUT2D eigenvalue weighted by molar-refractivity contribution is -0.132. The van der Waals surface area contributed by atoms with Gasteiger partial charge in [0, 0.05) is 47.7 Å². The van der Waals surface area contributed by atoms with Gasteiger partial charge in [-0.1, -0.05) is 27.7 Å². The Morgan fingerprint density at radius 2 is 1.50 bits per heavy atom. The fraction of sp³-hybridized carbons (Fsp3) is 0.650. The maximum atomic E-state index is 12.7. The zero-order chi connectivity index (χ0) is 18.8. The molecule has 0 heterocycles. The molecular formula is C20H31NO3. The zero-order valence-corrected chi connectivity index (χ0v) is 16.4. The Morgan fingerprint density at radius 3 is 2.00 bits per heavy atom. The molecule has 1 rings (SSSR count). The average Bonchev–Trinajstić information content (AvgIpc) is 2.47. The Kier molecular flexibility index (Phi) is 6.32. The van der Waals surface area contributed by atoms with Gasteiger partial charge in [0.15, 0.2) is 11.6 Å². The molecule has 0 saturated carbocycles. The molecule has 1 aliphatic rings. The van der Waals surface area contributed by atoms with Crippen LogP contribution in [0, 0.1) is 11.3 Å². The normalized spacial score (nSPS) is 16.4. The van der Waals surface area contributed by atoms with Crippen LogP contribution in [0.4, 0.5) is 0 Å². The van der Waals surface area contributed by atoms with E-state index < -0.39 is 5.41 Å². The third-order valence-electron chi connectivity index (χ3n) is 4.92. The van der Waals surface area contributed by atoms with Crippen molar-refractivity contribution in [2.24, 2.45) is 11.3 Å². The summed E-state index contributed by atoms with van der Waals surface area (Å²) in [7, 11) is 1.80. The third kappa shape index (κ3) is 4.22. The molecule has 0 aliphatic heterocycles. The molecule has 0 aromatic rings. The van der Waals surface area contributed by atoms with Crippen molar-refractivity contribution in [3.8, 4) is 0 Å². The first kappa shape index (κ1) is 20.3. The molecule has 0 unspecified atom stereocenters. The lowest BCUT2D eigenvalue weighted by Gasteiger charge is -2.32. The van der Waals surface area contributed by atoms with Crippen molar-refractivity contribution >= 4 is 17.5 Å². The van der Waals surface area contributed by atoms with Gasteiger partial charge >= 0.3 is 0 Å². The van der Waals surface area contributed by atoms with Crippen LogP contribution in [-0.4, -0.2) is 36.0 Å². The van der Waals surface area contributed by atoms with E-state index in [0.717, 1.165) is 6.42 Å². The molecule has 0 aromatic heterocycles. The first-order valence-corrected chi connectivity index (χ1v) is 8.62. The summed E-state index contributed by atoms with van der Waals surface area (Å²) in [5, 5.41) is 0. The monoisotopic (exact) mass is 333 g/mol. The highest BCUT2D eigenvalue weighted by Gasteiger charge is 2.38. The van der Waals surface area contributed by atoms with E-state index in [2.05, 4.69) is 13.8 Å². The van der Waals surface area contributed by atoms with E-state index in [1.54, 1.807) is 32.7 Å². The number of hydrogen-bond donors (Lipinski definition) is 0. The standard InChI is InChI=1S/C20H31NO3/c1-12(2)9-10-21(8)16(22)11-20(6,7)17-15(5)18(23)13(3)14(4)19(17)24/h12H,9-11H2,1-8H3. The summed E-state index contributed by atoms with van der Waals surface area (Å²) < 4.78 is 0. The topological polar surface area (TPSA) is 54.5 Å². The van der Waals surface area contributed by atoms with Gasteiger partial charge in [-0.15, -0.1) is 0 Å². The van der Waals surface area contributed by atoms with Gasteiger partial charge in [0.25, 0.3) is 0 Å². The number of nitrogens with zero attached hydrogens (tertiary/aromatic N) is 1. The first-order valence-electron chi connectivity index (χ1n) is 8.62. The van der Waals surface area contributed by atoms with E-state index in [9.17, 15) is 14.4 Å². The molecule has 4 nitrogen and oxygen atoms in total. The summed E-state index contributed by atoms with van der Waals surface area (Å²) >= 11 is 0. The van der Waals surface area contributed by atoms with Crippen LogP contribution in [-0.2, 0) is 14.4 Å². The maximum absolute atomic E-state index is 12.7. The summed E-state index contributed by atoms with van der Waals surface area (Å²) in [5.41, 5.74) is 1.31. The summed E-state index contributed by atoms with van der Waals surface area (Å²) in [6.45, 7) is 13.8. The van der Waals surface area contributed by atoms with Gasteiger partial charge in [0.1, 0.15) is 0 Å². The largest absolute Gasteiger partial charge is 0.346 e. The van der Waals surface area contributed by atoms with Crippen molar-refractivity contribution < 1.29 is 14.4 Å². The summed E-state index contributed by atoms with van der Waals surface area (Å²) in [6, 6.07) is 0. The molecule has 134 valence electrons. The van der Waals surface area contributed by atoms with Crippen molar-refractivity contribution in [1.29, 1.82) is 0 Å². The fourth-order valence-electron chi connectivity index (χ4n) is 3.09. The minimum Gasteiger partial charge on any atom is -0.346 e. The van der Waals surface area contributed by atoms with Crippen LogP contribution in [0.15, 0.2) is 22.3 Å². The lowest BCUT2D eigenvalue weighted by Crippen LogP contribution is -2.36. The minimum atomic E-state index is -0.665. The summed E-state index contributed by atoms with van der Waals surface area (Å²) in [6.07, 6.45) is 1.17. The van der Waals surface area contributed by atoms with E-state index >= 15 is 0 Å². The molecule has 0 saturated heterocycles. The van der Waals surface area contributed by atoms with E-state index in [0.29, 0.717) is 34.8 Å². The highest BCUT2D eigenvalue weighted by Crippen LogP contribution is 2.39. The predicted molar refractivity (Wildman–Crippen MR) is 96.6 cm³/mol. The van der Waals surface area contributed by atoms with Crippen LogP contribution in [0.25, 0.3) is 0 Å². The Morgan fingerprint density at radius 1 is 1.00 bits per heavy atom. The van der Waals surface area contributed by atoms with E-state index in [1.807, 2.05) is 13.8 Å². The van der Waals surface area contributed by atoms with Crippen molar-refractivity contribution in [3.05, 3.63) is 22.3 Å². The third-order valence-corrected chi connectivity index (χ3v) is 4.92. The van der Waals surface area contributed by atoms with Crippen LogP contribution in [0.1, 0.15) is 61.3 Å². The molecule has 0 atom stereocenters. The number of allylic oxidation sites excluding steroid dienone is 4. The molecule has 0 spiro atoms. The number of Topliss-reactive ketones (excluding diaryl/α,β-unsaturated/α-hetero) is 2. The number of carbonyl (C=O) groups is 3. The Labute approximate surface area is 146 Å². The second kappa shape index (κ2) is 7.45. The van der Waals surface area contributed by atoms with E-state index in [-0.39, 0.29) is 23.9 Å². The van der Waals surface area contributed by atoms with Crippen LogP contribution in [0.5, 0.6) is 0 Å². The SMILES string of the molecule is CC1=C(C)C(=O)C(C(C)(C)CC(=O)N(C)CCC(C)C)=C(C)C1=O. The highest BCUT2D eigenvalue weighted by atomic mass is 16.2. The predicted octanol–water partition coefficient (Wildman–Crippen LogP) is 3.71. The van der Waals surface area contributed by atoms with Gasteiger partial charge in [-0.05, 0) is 33.1 Å². The Balaban J connectivity index is 3.01. The highest BCUT2D eigenvalue weighted by molar-refractivity contribution is 6.25. The number of hydrogen-bond acceptors (Lipinski definition) is 3. The molecule has 1 aliphatic carbocycles. The molecule has 0 N–H and O–H groups in total. The number of ketones is 2. The van der Waals surface area contributed by atoms with Gasteiger partial charge in [-0.2, -0.15) is 0 Å². The molecule has 0 radical (unpaired) electrons. The molecule has 4 heteroatoms. The second-order valence-electron chi connectivity index (χ2n) is 7.97. The van der Waals surface area contributed by atoms with Crippen molar-refractivity contribution in [2.45, 2.75) is 61.3 Å². The Hall–Kier alpha value is -1.71. The van der Waals surface area contributed by atoms with Gasteiger partial charge in [-0.3, -0.25) is 14.4 Å². The summed E-state index contributed by atoms with van der Waals surface area (Å²) in [5.74, 6) is 0.347. The zero-order valence-electron chi connectivity index (χ0n) is 16.4. The number of amides is 1. The van der Waals surface area contributed by atoms with Gasteiger partial charge in [-0.25, -0.2) is 0 Å². The van der Waals surface area contributed by atoms with Crippen molar-refractivity contribution in [2.75, 3.05) is 13.6 Å². The van der Waals surface area contributed by atoms with Gasteiger partial charge in [0.2, 0.25) is 5.91 Å². The average molecular weight is 333 g/mol. The lowest BCUT2D eigenvalue weighted by atomic mass is 9.71. The maximum Gasteiger partial charge on any atom is 0.223 e. The van der Waals surface area contributed by atoms with Crippen LogP contribution >= 0.6 is 0 Å². The van der Waals surface area contributed by atoms with Gasteiger partial charge in [0.05, 0.1) is 0 Å². The molecular weight excluding hydrogens is 302 g/mol. The summed E-state index contributed by atoms with van der Waals surface area (Å²) in [4.78, 5) is 39.4. The molecule has 0 fully saturated rings. The van der Waals surface area contributed by atoms with Gasteiger partial charge < -0.3 is 4.90 Å². The molecule has 0 bridgehead atoms. The quantitative estimate of drug-likeness (QED) is 0.696. The molecule has 24 heavy (non-hydrogen) atoms. The number of rotatable bonds is 6. The minimum absolute atomic E-state index is 0.00475. The van der Waals surface area contributed by atoms with Crippen LogP contribution < -0.4 is 0 Å². The van der Waals surface area contributed by atoms with Crippen LogP contribution in [0.2, 0.25) is 0 Å². The van der Waals surface area contributed by atoms with Crippen LogP contribution in [0.3, 0.4) is 0 Å². The smallest absolute Gasteiger partial charge is 0.223 e. The molecule has 1 amide bonds. The van der Waals surface area contributed by atoms with E-state index in [1.165, 1.54) is 0 Å². The fourth-order valence-corrected chi connectivity index (χ4v) is 3.09. The van der Waals surface area contributed by atoms with E-state index in [4.69, 9.17) is 0 Å².